The van der Waals surface area contributed by atoms with E-state index in [1.807, 2.05) is 0 Å². The van der Waals surface area contributed by atoms with Gasteiger partial charge in [-0.25, -0.2) is 23.0 Å². The van der Waals surface area contributed by atoms with E-state index in [9.17, 15) is 18.0 Å². The lowest BCUT2D eigenvalue weighted by Gasteiger charge is -2.12. The predicted molar refractivity (Wildman–Crippen MR) is 90.7 cm³/mol. The van der Waals surface area contributed by atoms with Gasteiger partial charge in [0.2, 0.25) is 5.88 Å². The summed E-state index contributed by atoms with van der Waals surface area (Å²) in [6, 6.07) is 6.39. The molecule has 10 heteroatoms. The summed E-state index contributed by atoms with van der Waals surface area (Å²) in [7, 11) is -0.521. The average molecular weight is 380 g/mol. The van der Waals surface area contributed by atoms with Crippen LogP contribution in [0.5, 0.6) is 5.88 Å². The molecule has 0 aliphatic heterocycles. The van der Waals surface area contributed by atoms with Gasteiger partial charge in [0.15, 0.2) is 0 Å². The highest BCUT2D eigenvalue weighted by atomic mass is 32.2. The van der Waals surface area contributed by atoms with Crippen LogP contribution < -0.4 is 9.46 Å². The Kier molecular flexibility index (Phi) is 5.78. The number of anilines is 1. The standard InChI is InChI=1S/C16H16N2O7S/c1-23-14-7-5-11(9-17-14)18-26(21,22)13-8-10(15(19)24-2)4-6-12(13)16(20)25-3/h4-9,18H,1-3H3. The third-order valence-corrected chi connectivity index (χ3v) is 4.72. The molecule has 9 nitrogen and oxygen atoms in total. The minimum Gasteiger partial charge on any atom is -0.481 e. The summed E-state index contributed by atoms with van der Waals surface area (Å²) in [5.41, 5.74) is -0.118. The molecule has 138 valence electrons. The van der Waals surface area contributed by atoms with Gasteiger partial charge in [-0.15, -0.1) is 0 Å². The second-order valence-electron chi connectivity index (χ2n) is 4.89. The zero-order chi connectivity index (χ0) is 19.3. The first kappa shape index (κ1) is 19.2. The number of nitrogens with zero attached hydrogens (tertiary/aromatic N) is 1. The van der Waals surface area contributed by atoms with Crippen LogP contribution in [0.4, 0.5) is 5.69 Å². The van der Waals surface area contributed by atoms with Gasteiger partial charge in [0.1, 0.15) is 4.90 Å². The Balaban J connectivity index is 2.50. The van der Waals surface area contributed by atoms with E-state index in [1.54, 1.807) is 0 Å². The average Bonchev–Trinajstić information content (AvgIpc) is 2.66. The van der Waals surface area contributed by atoms with E-state index in [1.165, 1.54) is 37.6 Å². The Morgan fingerprint density at radius 1 is 1.00 bits per heavy atom. The quantitative estimate of drug-likeness (QED) is 0.748. The van der Waals surface area contributed by atoms with Gasteiger partial charge >= 0.3 is 11.9 Å². The van der Waals surface area contributed by atoms with Crippen LogP contribution in [-0.4, -0.2) is 46.7 Å². The van der Waals surface area contributed by atoms with Crippen molar-refractivity contribution in [2.45, 2.75) is 4.90 Å². The molecule has 0 aliphatic carbocycles. The fourth-order valence-electron chi connectivity index (χ4n) is 2.04. The number of carbonyl (C=O) groups excluding carboxylic acids is 2. The Labute approximate surface area is 150 Å². The van der Waals surface area contributed by atoms with E-state index in [2.05, 4.69) is 19.2 Å². The van der Waals surface area contributed by atoms with Crippen molar-refractivity contribution >= 4 is 27.6 Å². The minimum absolute atomic E-state index is 0.0339. The van der Waals surface area contributed by atoms with Gasteiger partial charge in [-0.2, -0.15) is 0 Å². The molecule has 1 aromatic carbocycles. The topological polar surface area (TPSA) is 121 Å². The van der Waals surface area contributed by atoms with Crippen molar-refractivity contribution in [2.24, 2.45) is 0 Å². The summed E-state index contributed by atoms with van der Waals surface area (Å²) in [4.78, 5) is 27.1. The Bertz CT molecular complexity index is 924. The van der Waals surface area contributed by atoms with Crippen molar-refractivity contribution in [3.05, 3.63) is 47.7 Å². The van der Waals surface area contributed by atoms with E-state index >= 15 is 0 Å². The van der Waals surface area contributed by atoms with E-state index in [4.69, 9.17) is 4.74 Å². The highest BCUT2D eigenvalue weighted by Crippen LogP contribution is 2.23. The molecule has 1 aromatic heterocycles. The molecular weight excluding hydrogens is 364 g/mol. The molecule has 0 spiro atoms. The lowest BCUT2D eigenvalue weighted by Crippen LogP contribution is -2.19. The SMILES string of the molecule is COC(=O)c1ccc(C(=O)OC)c(S(=O)(=O)Nc2ccc(OC)nc2)c1. The summed E-state index contributed by atoms with van der Waals surface area (Å²) in [5.74, 6) is -1.31. The monoisotopic (exact) mass is 380 g/mol. The molecular formula is C16H16N2O7S. The van der Waals surface area contributed by atoms with E-state index in [0.29, 0.717) is 5.88 Å². The number of pyridine rings is 1. The molecule has 0 bridgehead atoms. The van der Waals surface area contributed by atoms with Crippen molar-refractivity contribution in [2.75, 3.05) is 26.1 Å². The molecule has 0 aliphatic rings. The Morgan fingerprint density at radius 3 is 2.23 bits per heavy atom. The number of aromatic nitrogens is 1. The second-order valence-corrected chi connectivity index (χ2v) is 6.54. The van der Waals surface area contributed by atoms with E-state index in [0.717, 1.165) is 20.3 Å². The summed E-state index contributed by atoms with van der Waals surface area (Å²) in [6.45, 7) is 0. The van der Waals surface area contributed by atoms with E-state index < -0.39 is 26.9 Å². The van der Waals surface area contributed by atoms with Crippen molar-refractivity contribution < 1.29 is 32.2 Å². The number of benzene rings is 1. The number of hydrogen-bond acceptors (Lipinski definition) is 8. The van der Waals surface area contributed by atoms with Gasteiger partial charge in [0.25, 0.3) is 10.0 Å². The van der Waals surface area contributed by atoms with Crippen LogP contribution in [0.3, 0.4) is 0 Å². The molecule has 0 saturated carbocycles. The Morgan fingerprint density at radius 2 is 1.69 bits per heavy atom. The predicted octanol–water partition coefficient (Wildman–Crippen LogP) is 1.46. The normalized spacial score (nSPS) is 10.7. The van der Waals surface area contributed by atoms with Crippen molar-refractivity contribution in [3.8, 4) is 5.88 Å². The molecule has 0 fully saturated rings. The number of methoxy groups -OCH3 is 3. The lowest BCUT2D eigenvalue weighted by atomic mass is 10.1. The van der Waals surface area contributed by atoms with Crippen molar-refractivity contribution in [1.29, 1.82) is 0 Å². The first-order chi connectivity index (χ1) is 12.3. The van der Waals surface area contributed by atoms with Gasteiger partial charge in [-0.05, 0) is 24.3 Å². The summed E-state index contributed by atoms with van der Waals surface area (Å²) >= 11 is 0. The zero-order valence-electron chi connectivity index (χ0n) is 14.2. The van der Waals surface area contributed by atoms with Gasteiger partial charge in [-0.3, -0.25) is 4.72 Å². The third-order valence-electron chi connectivity index (χ3n) is 3.30. The number of carbonyl (C=O) groups is 2. The van der Waals surface area contributed by atoms with Crippen LogP contribution in [0, 0.1) is 0 Å². The highest BCUT2D eigenvalue weighted by Gasteiger charge is 2.25. The van der Waals surface area contributed by atoms with Gasteiger partial charge in [0, 0.05) is 6.07 Å². The molecule has 0 amide bonds. The maximum Gasteiger partial charge on any atom is 0.339 e. The van der Waals surface area contributed by atoms with Crippen LogP contribution in [0.15, 0.2) is 41.4 Å². The highest BCUT2D eigenvalue weighted by molar-refractivity contribution is 7.92. The molecule has 26 heavy (non-hydrogen) atoms. The van der Waals surface area contributed by atoms with Crippen LogP contribution >= 0.6 is 0 Å². The third kappa shape index (κ3) is 4.09. The lowest BCUT2D eigenvalue weighted by molar-refractivity contribution is 0.0583. The largest absolute Gasteiger partial charge is 0.481 e. The molecule has 0 radical (unpaired) electrons. The number of ether oxygens (including phenoxy) is 3. The van der Waals surface area contributed by atoms with Gasteiger partial charge in [-0.1, -0.05) is 0 Å². The number of nitrogens with one attached hydrogen (secondary N) is 1. The second kappa shape index (κ2) is 7.83. The molecule has 0 unspecified atom stereocenters. The molecule has 2 rings (SSSR count). The maximum absolute atomic E-state index is 12.7. The van der Waals surface area contributed by atoms with Crippen LogP contribution in [0.25, 0.3) is 0 Å². The van der Waals surface area contributed by atoms with E-state index in [-0.39, 0.29) is 16.8 Å². The van der Waals surface area contributed by atoms with Crippen molar-refractivity contribution in [1.82, 2.24) is 4.98 Å². The summed E-state index contributed by atoms with van der Waals surface area (Å²) in [5, 5.41) is 0. The molecule has 0 atom stereocenters. The fraction of sp³-hybridized carbons (Fsp3) is 0.188. The first-order valence-electron chi connectivity index (χ1n) is 7.16. The Hall–Kier alpha value is -3.14. The smallest absolute Gasteiger partial charge is 0.339 e. The molecule has 2 aromatic rings. The molecule has 1 N–H and O–H groups in total. The summed E-state index contributed by atoms with van der Waals surface area (Å²) < 4.78 is 41.8. The maximum atomic E-state index is 12.7. The number of hydrogen-bond donors (Lipinski definition) is 1. The van der Waals surface area contributed by atoms with Gasteiger partial charge < -0.3 is 14.2 Å². The van der Waals surface area contributed by atoms with Gasteiger partial charge in [0.05, 0.1) is 44.3 Å². The van der Waals surface area contributed by atoms with Crippen LogP contribution in [0.1, 0.15) is 20.7 Å². The minimum atomic E-state index is -4.22. The first-order valence-corrected chi connectivity index (χ1v) is 8.64. The van der Waals surface area contributed by atoms with Crippen LogP contribution in [0.2, 0.25) is 0 Å². The van der Waals surface area contributed by atoms with Crippen LogP contribution in [-0.2, 0) is 19.5 Å². The summed E-state index contributed by atoms with van der Waals surface area (Å²) in [6.07, 6.45) is 1.25. The molecule has 0 saturated heterocycles. The number of sulfonamides is 1. The number of rotatable bonds is 6. The molecule has 1 heterocycles. The van der Waals surface area contributed by atoms with Crippen molar-refractivity contribution in [3.63, 3.8) is 0 Å². The number of esters is 2. The fourth-order valence-corrected chi connectivity index (χ4v) is 3.30. The zero-order valence-corrected chi connectivity index (χ0v) is 15.0.